The van der Waals surface area contributed by atoms with Gasteiger partial charge in [-0.25, -0.2) is 4.98 Å². The van der Waals surface area contributed by atoms with E-state index in [9.17, 15) is 4.79 Å². The summed E-state index contributed by atoms with van der Waals surface area (Å²) in [5.41, 5.74) is 2.62. The molecule has 2 rings (SSSR count). The van der Waals surface area contributed by atoms with Crippen molar-refractivity contribution in [3.8, 4) is 0 Å². The number of fused-ring (bicyclic) bond motifs is 1. The summed E-state index contributed by atoms with van der Waals surface area (Å²) in [6.45, 7) is 5.43. The number of carbonyl (C=O) groups is 1. The predicted molar refractivity (Wildman–Crippen MR) is 90.9 cm³/mol. The van der Waals surface area contributed by atoms with Gasteiger partial charge >= 0.3 is 0 Å². The Hall–Kier alpha value is -0.800. The number of aromatic nitrogens is 1. The first-order valence-electron chi connectivity index (χ1n) is 7.04. The second-order valence-electron chi connectivity index (χ2n) is 5.07. The molecule has 2 heterocycles. The number of rotatable bonds is 7. The Labute approximate surface area is 143 Å². The van der Waals surface area contributed by atoms with Crippen LogP contribution in [0.2, 0.25) is 0 Å². The fourth-order valence-electron chi connectivity index (χ4n) is 2.52. The predicted octanol–water partition coefficient (Wildman–Crippen LogP) is 1.73. The Bertz CT molecular complexity index is 525. The molecule has 0 aliphatic carbocycles. The molecule has 2 atom stereocenters. The van der Waals surface area contributed by atoms with Crippen molar-refractivity contribution in [1.82, 2.24) is 20.3 Å². The molecular weight excluding hydrogens is 368 g/mol. The molecule has 0 aromatic carbocycles. The van der Waals surface area contributed by atoms with Gasteiger partial charge in [-0.3, -0.25) is 14.5 Å². The normalized spacial score (nSPS) is 21.6. The zero-order chi connectivity index (χ0) is 16.1. The van der Waals surface area contributed by atoms with Crippen LogP contribution in [0.1, 0.15) is 22.7 Å². The van der Waals surface area contributed by atoms with E-state index in [2.05, 4.69) is 32.8 Å². The van der Waals surface area contributed by atoms with Crippen LogP contribution < -0.4 is 5.32 Å². The number of carbonyl (C=O) groups excluding carboxylic acids is 1. The maximum absolute atomic E-state index is 12.4. The molecule has 0 saturated carbocycles. The summed E-state index contributed by atoms with van der Waals surface area (Å²) in [7, 11) is 3.84. The summed E-state index contributed by atoms with van der Waals surface area (Å²) in [6, 6.07) is -0.281. The number of alkyl halides is 1. The van der Waals surface area contributed by atoms with Gasteiger partial charge < -0.3 is 5.32 Å². The minimum Gasteiger partial charge on any atom is -0.354 e. The summed E-state index contributed by atoms with van der Waals surface area (Å²) in [5, 5.41) is 5.48. The highest BCUT2D eigenvalue weighted by atomic mass is 79.9. The van der Waals surface area contributed by atoms with E-state index in [1.807, 2.05) is 24.1 Å². The maximum atomic E-state index is 12.4. The largest absolute Gasteiger partial charge is 0.354 e. The fraction of sp³-hybridized carbons (Fsp3) is 0.571. The van der Waals surface area contributed by atoms with Crippen LogP contribution in [0.3, 0.4) is 0 Å². The number of likely N-dealkylation sites (N-methyl/N-ethyl adjacent to an activating group) is 2. The number of hydroxylamine groups is 2. The summed E-state index contributed by atoms with van der Waals surface area (Å²) in [5.74, 6) is -0.0118. The monoisotopic (exact) mass is 388 g/mol. The van der Waals surface area contributed by atoms with E-state index in [4.69, 9.17) is 4.84 Å². The molecule has 0 spiro atoms. The van der Waals surface area contributed by atoms with Crippen molar-refractivity contribution in [3.05, 3.63) is 28.7 Å². The lowest BCUT2D eigenvalue weighted by atomic mass is 10.0. The van der Waals surface area contributed by atoms with Crippen molar-refractivity contribution in [2.45, 2.75) is 12.1 Å². The third kappa shape index (κ3) is 3.75. The summed E-state index contributed by atoms with van der Waals surface area (Å²) >= 11 is 4.89. The number of thiazole rings is 1. The number of hydrogen-bond donors (Lipinski definition) is 1. The molecule has 2 unspecified atom stereocenters. The molecule has 122 valence electrons. The number of amides is 1. The average Bonchev–Trinajstić information content (AvgIpc) is 2.98. The van der Waals surface area contributed by atoms with E-state index in [1.165, 1.54) is 0 Å². The second kappa shape index (κ2) is 8.16. The van der Waals surface area contributed by atoms with Crippen LogP contribution in [0.25, 0.3) is 0 Å². The van der Waals surface area contributed by atoms with Crippen LogP contribution in [0.15, 0.2) is 18.2 Å². The van der Waals surface area contributed by atoms with Gasteiger partial charge in [0.05, 0.1) is 28.7 Å². The third-order valence-electron chi connectivity index (χ3n) is 3.56. The van der Waals surface area contributed by atoms with Crippen molar-refractivity contribution in [2.75, 3.05) is 39.1 Å². The Morgan fingerprint density at radius 1 is 1.77 bits per heavy atom. The van der Waals surface area contributed by atoms with E-state index in [-0.39, 0.29) is 18.0 Å². The van der Waals surface area contributed by atoms with Crippen molar-refractivity contribution in [1.29, 1.82) is 0 Å². The number of halogens is 1. The molecule has 0 fully saturated rings. The van der Waals surface area contributed by atoms with Crippen LogP contribution in [0.4, 0.5) is 0 Å². The second-order valence-corrected chi connectivity index (χ2v) is 6.75. The highest BCUT2D eigenvalue weighted by molar-refractivity contribution is 9.09. The van der Waals surface area contributed by atoms with E-state index in [1.54, 1.807) is 22.9 Å². The third-order valence-corrected chi connectivity index (χ3v) is 4.91. The van der Waals surface area contributed by atoms with Crippen LogP contribution >= 0.6 is 27.3 Å². The fourth-order valence-corrected chi connectivity index (χ4v) is 3.66. The number of nitrogens with one attached hydrogen (secondary N) is 1. The highest BCUT2D eigenvalue weighted by Gasteiger charge is 2.39. The van der Waals surface area contributed by atoms with Gasteiger partial charge in [0.2, 0.25) is 5.91 Å². The summed E-state index contributed by atoms with van der Waals surface area (Å²) < 4.78 is 0. The van der Waals surface area contributed by atoms with Crippen LogP contribution in [0.5, 0.6) is 0 Å². The highest BCUT2D eigenvalue weighted by Crippen LogP contribution is 2.38. The lowest BCUT2D eigenvalue weighted by Gasteiger charge is -2.38. The van der Waals surface area contributed by atoms with Gasteiger partial charge in [-0.1, -0.05) is 22.0 Å². The Morgan fingerprint density at radius 2 is 2.55 bits per heavy atom. The van der Waals surface area contributed by atoms with Gasteiger partial charge in [0.25, 0.3) is 0 Å². The Morgan fingerprint density at radius 3 is 3.23 bits per heavy atom. The van der Waals surface area contributed by atoms with E-state index in [0.29, 0.717) is 19.7 Å². The molecule has 1 aliphatic rings. The first-order chi connectivity index (χ1) is 10.6. The SMILES string of the molecule is C=CCON(C)C1CN(C)C(C(=O)NCCBr)c2ncsc21. The van der Waals surface area contributed by atoms with E-state index in [0.717, 1.165) is 15.9 Å². The molecule has 1 amide bonds. The van der Waals surface area contributed by atoms with Gasteiger partial charge in [-0.2, -0.15) is 5.06 Å². The smallest absolute Gasteiger partial charge is 0.243 e. The van der Waals surface area contributed by atoms with E-state index < -0.39 is 0 Å². The van der Waals surface area contributed by atoms with Crippen LogP contribution in [-0.2, 0) is 9.63 Å². The average molecular weight is 389 g/mol. The van der Waals surface area contributed by atoms with Crippen molar-refractivity contribution in [3.63, 3.8) is 0 Å². The molecule has 0 saturated heterocycles. The maximum Gasteiger partial charge on any atom is 0.243 e. The molecule has 6 nitrogen and oxygen atoms in total. The standard InChI is InChI=1S/C14H21BrN4O2S/c1-4-7-21-19(3)10-8-18(2)12(14(20)16-6-5-15)11-13(10)22-9-17-11/h4,9-10,12H,1,5-8H2,2-3H3,(H,16,20). The van der Waals surface area contributed by atoms with Gasteiger partial charge in [0.1, 0.15) is 6.04 Å². The topological polar surface area (TPSA) is 57.7 Å². The van der Waals surface area contributed by atoms with Crippen LogP contribution in [-0.4, -0.2) is 60.0 Å². The molecule has 0 bridgehead atoms. The molecular formula is C14H21BrN4O2S. The molecule has 0 radical (unpaired) electrons. The van der Waals surface area contributed by atoms with Crippen molar-refractivity contribution >= 4 is 33.2 Å². The molecule has 22 heavy (non-hydrogen) atoms. The van der Waals surface area contributed by atoms with Crippen molar-refractivity contribution < 1.29 is 9.63 Å². The lowest BCUT2D eigenvalue weighted by molar-refractivity contribution is -0.167. The minimum atomic E-state index is -0.343. The molecule has 8 heteroatoms. The number of nitrogens with zero attached hydrogens (tertiary/aromatic N) is 3. The van der Waals surface area contributed by atoms with Gasteiger partial charge in [0.15, 0.2) is 0 Å². The van der Waals surface area contributed by atoms with Crippen molar-refractivity contribution in [2.24, 2.45) is 0 Å². The lowest BCUT2D eigenvalue weighted by Crippen LogP contribution is -2.47. The minimum absolute atomic E-state index is 0.0118. The van der Waals surface area contributed by atoms with E-state index >= 15 is 0 Å². The Balaban J connectivity index is 2.20. The molecule has 1 aromatic rings. The molecule has 1 aliphatic heterocycles. The quantitative estimate of drug-likeness (QED) is 0.437. The Kier molecular flexibility index (Phi) is 6.51. The van der Waals surface area contributed by atoms with Gasteiger partial charge in [-0.05, 0) is 7.05 Å². The van der Waals surface area contributed by atoms with Crippen LogP contribution in [0, 0.1) is 0 Å². The van der Waals surface area contributed by atoms with Gasteiger partial charge in [0, 0.05) is 25.5 Å². The van der Waals surface area contributed by atoms with Gasteiger partial charge in [-0.15, -0.1) is 17.9 Å². The zero-order valence-corrected chi connectivity index (χ0v) is 15.2. The summed E-state index contributed by atoms with van der Waals surface area (Å²) in [4.78, 5) is 25.6. The molecule has 1 aromatic heterocycles. The first-order valence-corrected chi connectivity index (χ1v) is 9.04. The number of hydrogen-bond acceptors (Lipinski definition) is 6. The summed E-state index contributed by atoms with van der Waals surface area (Å²) in [6.07, 6.45) is 1.72. The zero-order valence-electron chi connectivity index (χ0n) is 12.8. The molecule has 1 N–H and O–H groups in total. The first kappa shape index (κ1) is 17.6.